The number of carbonyl (C=O) groups excluding carboxylic acids is 1. The predicted octanol–water partition coefficient (Wildman–Crippen LogP) is 2.85. The van der Waals surface area contributed by atoms with E-state index in [2.05, 4.69) is 10.3 Å². The van der Waals surface area contributed by atoms with Crippen LogP contribution in [0.1, 0.15) is 39.5 Å². The molecule has 4 nitrogen and oxygen atoms in total. The molecular formula is C16H22N2O2. The Morgan fingerprint density at radius 3 is 2.65 bits per heavy atom. The van der Waals surface area contributed by atoms with E-state index in [0.717, 1.165) is 31.3 Å². The molecule has 0 aromatic carbocycles. The van der Waals surface area contributed by atoms with Crippen LogP contribution in [-0.2, 0) is 4.79 Å². The molecule has 1 aromatic heterocycles. The zero-order valence-corrected chi connectivity index (χ0v) is 12.1. The van der Waals surface area contributed by atoms with E-state index in [1.165, 1.54) is 0 Å². The second-order valence-corrected chi connectivity index (χ2v) is 5.49. The number of hydrogen-bond donors (Lipinski definition) is 1. The molecule has 4 heteroatoms. The first-order valence-corrected chi connectivity index (χ1v) is 7.16. The Bertz CT molecular complexity index is 459. The lowest BCUT2D eigenvalue weighted by atomic mass is 9.93. The summed E-state index contributed by atoms with van der Waals surface area (Å²) in [6, 6.07) is 5.94. The van der Waals surface area contributed by atoms with E-state index in [1.54, 1.807) is 12.3 Å². The van der Waals surface area contributed by atoms with E-state index in [4.69, 9.17) is 4.74 Å². The largest absolute Gasteiger partial charge is 0.474 e. The number of pyridine rings is 1. The van der Waals surface area contributed by atoms with Crippen LogP contribution in [0.25, 0.3) is 0 Å². The molecule has 1 fully saturated rings. The van der Waals surface area contributed by atoms with Crippen molar-refractivity contribution in [1.82, 2.24) is 10.3 Å². The fourth-order valence-corrected chi connectivity index (χ4v) is 2.42. The van der Waals surface area contributed by atoms with Gasteiger partial charge >= 0.3 is 0 Å². The highest BCUT2D eigenvalue weighted by Gasteiger charge is 2.23. The van der Waals surface area contributed by atoms with Gasteiger partial charge in [0.05, 0.1) is 0 Å². The van der Waals surface area contributed by atoms with Crippen LogP contribution in [0.2, 0.25) is 0 Å². The zero-order valence-electron chi connectivity index (χ0n) is 12.1. The van der Waals surface area contributed by atoms with Crippen molar-refractivity contribution in [3.05, 3.63) is 36.0 Å². The Labute approximate surface area is 120 Å². The molecule has 0 saturated heterocycles. The van der Waals surface area contributed by atoms with E-state index < -0.39 is 0 Å². The molecule has 0 aliphatic heterocycles. The molecule has 1 N–H and O–H groups in total. The fraction of sp³-hybridized carbons (Fsp3) is 0.500. The van der Waals surface area contributed by atoms with E-state index in [-0.39, 0.29) is 18.1 Å². The molecule has 0 bridgehead atoms. The molecule has 0 unspecified atom stereocenters. The van der Waals surface area contributed by atoms with Crippen molar-refractivity contribution in [3.8, 4) is 5.88 Å². The van der Waals surface area contributed by atoms with Crippen LogP contribution in [0.4, 0.5) is 0 Å². The van der Waals surface area contributed by atoms with Gasteiger partial charge in [-0.2, -0.15) is 0 Å². The van der Waals surface area contributed by atoms with Crippen LogP contribution in [0.3, 0.4) is 0 Å². The lowest BCUT2D eigenvalue weighted by Gasteiger charge is -2.28. The van der Waals surface area contributed by atoms with Crippen molar-refractivity contribution in [3.63, 3.8) is 0 Å². The average Bonchev–Trinajstić information content (AvgIpc) is 2.41. The third-order valence-corrected chi connectivity index (χ3v) is 3.37. The van der Waals surface area contributed by atoms with Gasteiger partial charge in [0.1, 0.15) is 6.10 Å². The highest BCUT2D eigenvalue weighted by molar-refractivity contribution is 5.88. The summed E-state index contributed by atoms with van der Waals surface area (Å²) in [6.07, 6.45) is 7.42. The van der Waals surface area contributed by atoms with Crippen LogP contribution in [0.5, 0.6) is 5.88 Å². The molecule has 1 aliphatic carbocycles. The smallest absolute Gasteiger partial charge is 0.244 e. The number of ether oxygens (including phenoxy) is 1. The molecule has 1 amide bonds. The summed E-state index contributed by atoms with van der Waals surface area (Å²) in [4.78, 5) is 15.8. The number of carbonyl (C=O) groups is 1. The normalized spacial score (nSPS) is 21.9. The molecule has 1 aromatic rings. The van der Waals surface area contributed by atoms with Crippen molar-refractivity contribution in [2.75, 3.05) is 0 Å². The number of aromatic nitrogens is 1. The monoisotopic (exact) mass is 274 g/mol. The number of amides is 1. The van der Waals surface area contributed by atoms with Crippen LogP contribution in [0, 0.1) is 0 Å². The van der Waals surface area contributed by atoms with E-state index in [1.807, 2.05) is 32.0 Å². The van der Waals surface area contributed by atoms with E-state index in [9.17, 15) is 4.79 Å². The highest BCUT2D eigenvalue weighted by atomic mass is 16.5. The lowest BCUT2D eigenvalue weighted by molar-refractivity contribution is -0.117. The highest BCUT2D eigenvalue weighted by Crippen LogP contribution is 2.22. The maximum absolute atomic E-state index is 11.7. The second kappa shape index (κ2) is 7.08. The average molecular weight is 274 g/mol. The summed E-state index contributed by atoms with van der Waals surface area (Å²) in [7, 11) is 0. The van der Waals surface area contributed by atoms with Gasteiger partial charge in [-0.25, -0.2) is 4.98 Å². The van der Waals surface area contributed by atoms with Gasteiger partial charge in [0.2, 0.25) is 11.8 Å². The number of allylic oxidation sites excluding steroid dienone is 1. The summed E-state index contributed by atoms with van der Waals surface area (Å²) in [5.74, 6) is 0.698. The van der Waals surface area contributed by atoms with Crippen molar-refractivity contribution in [2.24, 2.45) is 0 Å². The summed E-state index contributed by atoms with van der Waals surface area (Å²) in [5.41, 5.74) is 1.02. The Morgan fingerprint density at radius 2 is 2.05 bits per heavy atom. The molecule has 2 rings (SSSR count). The quantitative estimate of drug-likeness (QED) is 0.859. The summed E-state index contributed by atoms with van der Waals surface area (Å²) < 4.78 is 5.84. The van der Waals surface area contributed by atoms with Crippen molar-refractivity contribution >= 4 is 5.91 Å². The minimum atomic E-state index is 0.0131. The topological polar surface area (TPSA) is 51.2 Å². The molecule has 0 spiro atoms. The number of hydrogen-bond acceptors (Lipinski definition) is 3. The van der Waals surface area contributed by atoms with Crippen molar-refractivity contribution in [2.45, 2.75) is 51.7 Å². The van der Waals surface area contributed by atoms with Crippen LogP contribution in [-0.4, -0.2) is 23.0 Å². The third kappa shape index (κ3) is 4.68. The summed E-state index contributed by atoms with van der Waals surface area (Å²) >= 11 is 0. The summed E-state index contributed by atoms with van der Waals surface area (Å²) in [6.45, 7) is 3.86. The maximum Gasteiger partial charge on any atom is 0.244 e. The Hall–Kier alpha value is -1.84. The molecular weight excluding hydrogens is 252 g/mol. The van der Waals surface area contributed by atoms with Gasteiger partial charge in [-0.3, -0.25) is 4.79 Å². The maximum atomic E-state index is 11.7. The van der Waals surface area contributed by atoms with Crippen LogP contribution >= 0.6 is 0 Å². The SMILES string of the molecule is CC(C)=CC(=O)NC1CCC(Oc2ccccn2)CC1. The van der Waals surface area contributed by atoms with Crippen molar-refractivity contribution in [1.29, 1.82) is 0 Å². The molecule has 0 radical (unpaired) electrons. The molecule has 1 aliphatic rings. The third-order valence-electron chi connectivity index (χ3n) is 3.37. The molecule has 1 heterocycles. The van der Waals surface area contributed by atoms with Crippen molar-refractivity contribution < 1.29 is 9.53 Å². The van der Waals surface area contributed by atoms with E-state index in [0.29, 0.717) is 5.88 Å². The van der Waals surface area contributed by atoms with Gasteiger partial charge in [0.25, 0.3) is 0 Å². The Balaban J connectivity index is 1.75. The second-order valence-electron chi connectivity index (χ2n) is 5.49. The number of nitrogens with one attached hydrogen (secondary N) is 1. The number of nitrogens with zero attached hydrogens (tertiary/aromatic N) is 1. The Morgan fingerprint density at radius 1 is 1.30 bits per heavy atom. The first-order valence-electron chi connectivity index (χ1n) is 7.16. The van der Waals surface area contributed by atoms with Gasteiger partial charge in [-0.05, 0) is 45.6 Å². The molecule has 108 valence electrons. The standard InChI is InChI=1S/C16H22N2O2/c1-12(2)11-15(19)18-13-6-8-14(9-7-13)20-16-5-3-4-10-17-16/h3-5,10-11,13-14H,6-9H2,1-2H3,(H,18,19). The van der Waals surface area contributed by atoms with Gasteiger partial charge in [-0.1, -0.05) is 11.6 Å². The van der Waals surface area contributed by atoms with Gasteiger partial charge in [-0.15, -0.1) is 0 Å². The van der Waals surface area contributed by atoms with Gasteiger partial charge in [0, 0.05) is 24.4 Å². The van der Waals surface area contributed by atoms with Gasteiger partial charge < -0.3 is 10.1 Å². The molecule has 20 heavy (non-hydrogen) atoms. The van der Waals surface area contributed by atoms with E-state index >= 15 is 0 Å². The zero-order chi connectivity index (χ0) is 14.4. The lowest BCUT2D eigenvalue weighted by Crippen LogP contribution is -2.39. The minimum absolute atomic E-state index is 0.0131. The Kier molecular flexibility index (Phi) is 5.16. The summed E-state index contributed by atoms with van der Waals surface area (Å²) in [5, 5.41) is 3.05. The molecule has 0 atom stereocenters. The predicted molar refractivity (Wildman–Crippen MR) is 78.5 cm³/mol. The van der Waals surface area contributed by atoms with Crippen LogP contribution < -0.4 is 10.1 Å². The minimum Gasteiger partial charge on any atom is -0.474 e. The van der Waals surface area contributed by atoms with Gasteiger partial charge in [0.15, 0.2) is 0 Å². The fourth-order valence-electron chi connectivity index (χ4n) is 2.42. The first-order chi connectivity index (χ1) is 9.63. The number of rotatable bonds is 4. The molecule has 1 saturated carbocycles. The first kappa shape index (κ1) is 14.6. The van der Waals surface area contributed by atoms with Crippen LogP contribution in [0.15, 0.2) is 36.0 Å².